The zero-order valence-electron chi connectivity index (χ0n) is 6.64. The summed E-state index contributed by atoms with van der Waals surface area (Å²) < 4.78 is 0. The summed E-state index contributed by atoms with van der Waals surface area (Å²) in [5, 5.41) is 11.9. The fourth-order valence-corrected chi connectivity index (χ4v) is 1.17. The van der Waals surface area contributed by atoms with Crippen molar-refractivity contribution in [3.8, 4) is 0 Å². The molecule has 2 heteroatoms. The van der Waals surface area contributed by atoms with E-state index in [1.54, 1.807) is 0 Å². The first-order valence-electron chi connectivity index (χ1n) is 4.19. The summed E-state index contributed by atoms with van der Waals surface area (Å²) >= 11 is 0. The van der Waals surface area contributed by atoms with Crippen LogP contribution in [0, 0.1) is 5.92 Å². The molecule has 0 amide bonds. The maximum atomic E-state index is 8.49. The monoisotopic (exact) mass is 143 g/mol. The molecule has 0 aromatic heterocycles. The Bertz CT molecular complexity index is 91.3. The summed E-state index contributed by atoms with van der Waals surface area (Å²) in [6, 6.07) is 0.673. The highest BCUT2D eigenvalue weighted by molar-refractivity contribution is 4.82. The van der Waals surface area contributed by atoms with Gasteiger partial charge in [-0.05, 0) is 38.6 Å². The first-order chi connectivity index (χ1) is 4.84. The van der Waals surface area contributed by atoms with Crippen LogP contribution < -0.4 is 5.32 Å². The first-order valence-corrected chi connectivity index (χ1v) is 4.19. The lowest BCUT2D eigenvalue weighted by molar-refractivity contribution is 0.282. The fourth-order valence-electron chi connectivity index (χ4n) is 1.17. The maximum Gasteiger partial charge on any atom is 0.0443 e. The summed E-state index contributed by atoms with van der Waals surface area (Å²) in [5.41, 5.74) is 0. The van der Waals surface area contributed by atoms with Gasteiger partial charge in [0.2, 0.25) is 0 Å². The van der Waals surface area contributed by atoms with Crippen molar-refractivity contribution in [3.63, 3.8) is 0 Å². The Kier molecular flexibility index (Phi) is 3.16. The van der Waals surface area contributed by atoms with Gasteiger partial charge in [0, 0.05) is 12.6 Å². The van der Waals surface area contributed by atoms with Crippen LogP contribution in [-0.2, 0) is 0 Å². The molecule has 1 aliphatic rings. The van der Waals surface area contributed by atoms with Gasteiger partial charge in [-0.1, -0.05) is 0 Å². The van der Waals surface area contributed by atoms with Crippen molar-refractivity contribution in [2.75, 3.05) is 13.2 Å². The molecule has 1 unspecified atom stereocenters. The molecule has 1 fully saturated rings. The van der Waals surface area contributed by atoms with Gasteiger partial charge in [-0.3, -0.25) is 0 Å². The molecule has 0 heterocycles. The Morgan fingerprint density at radius 2 is 2.30 bits per heavy atom. The van der Waals surface area contributed by atoms with Crippen molar-refractivity contribution < 1.29 is 5.11 Å². The number of aliphatic hydroxyl groups excluding tert-OH is 1. The third-order valence-electron chi connectivity index (χ3n) is 2.13. The van der Waals surface area contributed by atoms with Crippen LogP contribution in [0.25, 0.3) is 0 Å². The van der Waals surface area contributed by atoms with Gasteiger partial charge in [0.25, 0.3) is 0 Å². The summed E-state index contributed by atoms with van der Waals surface area (Å²) in [6.45, 7) is 3.51. The van der Waals surface area contributed by atoms with E-state index in [2.05, 4.69) is 12.2 Å². The van der Waals surface area contributed by atoms with Crippen molar-refractivity contribution in [2.24, 2.45) is 5.92 Å². The minimum absolute atomic E-state index is 0.310. The van der Waals surface area contributed by atoms with E-state index in [4.69, 9.17) is 5.11 Å². The van der Waals surface area contributed by atoms with Gasteiger partial charge in [-0.25, -0.2) is 0 Å². The third-order valence-corrected chi connectivity index (χ3v) is 2.13. The summed E-state index contributed by atoms with van der Waals surface area (Å²) in [7, 11) is 0. The molecular weight excluding hydrogens is 126 g/mol. The largest absolute Gasteiger partial charge is 0.396 e. The van der Waals surface area contributed by atoms with Crippen LogP contribution in [0.4, 0.5) is 0 Å². The molecule has 10 heavy (non-hydrogen) atoms. The van der Waals surface area contributed by atoms with E-state index in [1.165, 1.54) is 12.8 Å². The lowest BCUT2D eigenvalue weighted by Gasteiger charge is -2.10. The zero-order chi connectivity index (χ0) is 7.40. The van der Waals surface area contributed by atoms with E-state index in [-0.39, 0.29) is 0 Å². The predicted molar refractivity (Wildman–Crippen MR) is 41.9 cm³/mol. The molecule has 2 nitrogen and oxygen atoms in total. The second-order valence-electron chi connectivity index (χ2n) is 3.16. The molecule has 0 radical (unpaired) electrons. The number of hydrogen-bond donors (Lipinski definition) is 2. The highest BCUT2D eigenvalue weighted by Gasteiger charge is 2.26. The highest BCUT2D eigenvalue weighted by Crippen LogP contribution is 2.32. The molecule has 1 saturated carbocycles. The van der Waals surface area contributed by atoms with Crippen molar-refractivity contribution in [1.82, 2.24) is 5.32 Å². The number of hydrogen-bond acceptors (Lipinski definition) is 2. The molecule has 0 aromatic carbocycles. The zero-order valence-corrected chi connectivity index (χ0v) is 6.64. The Morgan fingerprint density at radius 1 is 1.60 bits per heavy atom. The van der Waals surface area contributed by atoms with E-state index < -0.39 is 0 Å². The topological polar surface area (TPSA) is 32.3 Å². The molecule has 0 bridgehead atoms. The average Bonchev–Trinajstić information content (AvgIpc) is 2.69. The van der Waals surface area contributed by atoms with Crippen LogP contribution in [0.15, 0.2) is 0 Å². The van der Waals surface area contributed by atoms with Crippen LogP contribution in [0.3, 0.4) is 0 Å². The number of rotatable bonds is 5. The molecular formula is C8H17NO. The molecule has 60 valence electrons. The minimum atomic E-state index is 0.310. The SMILES string of the molecule is CC(NCCCO)C1CC1. The van der Waals surface area contributed by atoms with E-state index in [0.29, 0.717) is 12.6 Å². The van der Waals surface area contributed by atoms with Gasteiger partial charge in [-0.2, -0.15) is 0 Å². The van der Waals surface area contributed by atoms with Crippen LogP contribution in [0.5, 0.6) is 0 Å². The van der Waals surface area contributed by atoms with E-state index in [1.807, 2.05) is 0 Å². The molecule has 1 atom stereocenters. The predicted octanol–water partition coefficient (Wildman–Crippen LogP) is 0.757. The summed E-state index contributed by atoms with van der Waals surface area (Å²) in [6.07, 6.45) is 3.68. The van der Waals surface area contributed by atoms with Gasteiger partial charge in [-0.15, -0.1) is 0 Å². The molecule has 0 aliphatic heterocycles. The minimum Gasteiger partial charge on any atom is -0.396 e. The van der Waals surface area contributed by atoms with Crippen molar-refractivity contribution >= 4 is 0 Å². The fraction of sp³-hybridized carbons (Fsp3) is 1.00. The number of nitrogens with one attached hydrogen (secondary N) is 1. The Labute approximate surface area is 62.6 Å². The van der Waals surface area contributed by atoms with E-state index >= 15 is 0 Å². The molecule has 0 aromatic rings. The van der Waals surface area contributed by atoms with Gasteiger partial charge < -0.3 is 10.4 Å². The standard InChI is InChI=1S/C8H17NO/c1-7(8-3-4-8)9-5-2-6-10/h7-10H,2-6H2,1H3. The smallest absolute Gasteiger partial charge is 0.0443 e. The quantitative estimate of drug-likeness (QED) is 0.557. The van der Waals surface area contributed by atoms with Crippen LogP contribution in [-0.4, -0.2) is 24.3 Å². The third kappa shape index (κ3) is 2.67. The Hall–Kier alpha value is -0.0800. The van der Waals surface area contributed by atoms with Crippen LogP contribution in [0.1, 0.15) is 26.2 Å². The van der Waals surface area contributed by atoms with E-state index in [9.17, 15) is 0 Å². The van der Waals surface area contributed by atoms with Crippen molar-refractivity contribution in [3.05, 3.63) is 0 Å². The normalized spacial score (nSPS) is 21.0. The molecule has 1 rings (SSSR count). The second-order valence-corrected chi connectivity index (χ2v) is 3.16. The van der Waals surface area contributed by atoms with Gasteiger partial charge in [0.1, 0.15) is 0 Å². The number of aliphatic hydroxyl groups is 1. The van der Waals surface area contributed by atoms with Crippen molar-refractivity contribution in [2.45, 2.75) is 32.2 Å². The van der Waals surface area contributed by atoms with Gasteiger partial charge >= 0.3 is 0 Å². The van der Waals surface area contributed by atoms with Crippen molar-refractivity contribution in [1.29, 1.82) is 0 Å². The van der Waals surface area contributed by atoms with Gasteiger partial charge in [0.05, 0.1) is 0 Å². The molecule has 1 aliphatic carbocycles. The lowest BCUT2D eigenvalue weighted by Crippen LogP contribution is -2.29. The van der Waals surface area contributed by atoms with Crippen LogP contribution in [0.2, 0.25) is 0 Å². The van der Waals surface area contributed by atoms with E-state index in [0.717, 1.165) is 18.9 Å². The Morgan fingerprint density at radius 3 is 2.80 bits per heavy atom. The Balaban J connectivity index is 1.90. The second kappa shape index (κ2) is 3.94. The summed E-state index contributed by atoms with van der Waals surface area (Å²) in [4.78, 5) is 0. The first kappa shape index (κ1) is 8.02. The average molecular weight is 143 g/mol. The molecule has 0 spiro atoms. The highest BCUT2D eigenvalue weighted by atomic mass is 16.3. The molecule has 2 N–H and O–H groups in total. The summed E-state index contributed by atoms with van der Waals surface area (Å²) in [5.74, 6) is 0.929. The lowest BCUT2D eigenvalue weighted by atomic mass is 10.2. The van der Waals surface area contributed by atoms with Gasteiger partial charge in [0.15, 0.2) is 0 Å². The maximum absolute atomic E-state index is 8.49. The van der Waals surface area contributed by atoms with Crippen LogP contribution >= 0.6 is 0 Å². The molecule has 0 saturated heterocycles.